The van der Waals surface area contributed by atoms with Crippen LogP contribution in [0.25, 0.3) is 0 Å². The second-order valence-electron chi connectivity index (χ2n) is 10.8. The van der Waals surface area contributed by atoms with Gasteiger partial charge < -0.3 is 38.8 Å². The molecule has 0 fully saturated rings. The van der Waals surface area contributed by atoms with Gasteiger partial charge in [0.25, 0.3) is 5.91 Å². The molecule has 13 nitrogen and oxygen atoms in total. The molecule has 0 saturated heterocycles. The summed E-state index contributed by atoms with van der Waals surface area (Å²) in [5.74, 6) is -1.90. The number of aliphatic carboxylic acids is 1. The Morgan fingerprint density at radius 2 is 1.29 bits per heavy atom. The Kier molecular flexibility index (Phi) is 15.9. The molecule has 0 unspecified atom stereocenters. The third-order valence-electron chi connectivity index (χ3n) is 4.63. The van der Waals surface area contributed by atoms with Gasteiger partial charge in [0.05, 0.1) is 52.7 Å². The summed E-state index contributed by atoms with van der Waals surface area (Å²) in [5.41, 5.74) is -0.358. The minimum absolute atomic E-state index is 0.157. The largest absolute Gasteiger partial charge is 0.480 e. The molecule has 0 heterocycles. The van der Waals surface area contributed by atoms with Crippen LogP contribution in [0.3, 0.4) is 0 Å². The number of benzene rings is 1. The van der Waals surface area contributed by atoms with E-state index in [0.29, 0.717) is 43.2 Å². The summed E-state index contributed by atoms with van der Waals surface area (Å²) in [4.78, 5) is 47.8. The van der Waals surface area contributed by atoms with Gasteiger partial charge in [0.1, 0.15) is 17.8 Å². The number of carboxylic acid groups (broad SMARTS) is 1. The van der Waals surface area contributed by atoms with E-state index in [4.69, 9.17) is 33.5 Å². The maximum Gasteiger partial charge on any atom is 0.412 e. The number of ether oxygens (including phenoxy) is 6. The van der Waals surface area contributed by atoms with Gasteiger partial charge in [-0.15, -0.1) is 0 Å². The van der Waals surface area contributed by atoms with Crippen LogP contribution in [0.1, 0.15) is 57.5 Å². The highest BCUT2D eigenvalue weighted by Gasteiger charge is 2.21. The average Bonchev–Trinajstić information content (AvgIpc) is 2.82. The van der Waals surface area contributed by atoms with Gasteiger partial charge in [0.2, 0.25) is 0 Å². The molecule has 2 amide bonds. The highest BCUT2D eigenvalue weighted by molar-refractivity contribution is 5.96. The van der Waals surface area contributed by atoms with Gasteiger partial charge in [-0.2, -0.15) is 0 Å². The van der Waals surface area contributed by atoms with Crippen LogP contribution in [0, 0.1) is 0 Å². The molecule has 1 aromatic rings. The van der Waals surface area contributed by atoms with Gasteiger partial charge in [0.15, 0.2) is 0 Å². The van der Waals surface area contributed by atoms with Crippen LogP contribution in [-0.4, -0.2) is 99.6 Å². The van der Waals surface area contributed by atoms with Gasteiger partial charge in [-0.3, -0.25) is 14.9 Å². The number of rotatable bonds is 18. The van der Waals surface area contributed by atoms with E-state index in [0.717, 1.165) is 0 Å². The number of anilines is 1. The molecule has 0 spiro atoms. The van der Waals surface area contributed by atoms with Crippen LogP contribution < -0.4 is 10.6 Å². The van der Waals surface area contributed by atoms with Crippen LogP contribution in [0.15, 0.2) is 18.2 Å². The fraction of sp³-hybridized carbons (Fsp3) is 0.643. The van der Waals surface area contributed by atoms with Gasteiger partial charge in [-0.1, -0.05) is 0 Å². The Morgan fingerprint density at radius 3 is 1.83 bits per heavy atom. The minimum atomic E-state index is -1.03. The van der Waals surface area contributed by atoms with Crippen molar-refractivity contribution < 1.29 is 52.7 Å². The molecule has 232 valence electrons. The SMILES string of the molecule is CC(C)(C)OC(=O)Cc1cc(C(=O)NCCOCCOCCOCCOCC(=O)O)ccc1NC(=O)OC(C)(C)C. The predicted octanol–water partition coefficient (Wildman–Crippen LogP) is 2.80. The monoisotopic (exact) mass is 584 g/mol. The Balaban J connectivity index is 2.48. The number of nitrogens with one attached hydrogen (secondary N) is 2. The van der Waals surface area contributed by atoms with E-state index in [2.05, 4.69) is 10.6 Å². The Morgan fingerprint density at radius 1 is 0.756 bits per heavy atom. The standard InChI is InChI=1S/C28H44N2O11/c1-27(2,3)40-24(33)18-21-17-20(7-8-22(21)30-26(35)41-28(4,5)6)25(34)29-9-10-36-11-12-37-13-14-38-15-16-39-19-23(31)32/h7-8,17H,9-16,18-19H2,1-6H3,(H,29,34)(H,30,35)(H,31,32). The van der Waals surface area contributed by atoms with E-state index < -0.39 is 29.2 Å². The first-order chi connectivity index (χ1) is 19.2. The van der Waals surface area contributed by atoms with E-state index in [9.17, 15) is 19.2 Å². The van der Waals surface area contributed by atoms with Gasteiger partial charge in [-0.05, 0) is 65.3 Å². The van der Waals surface area contributed by atoms with Crippen molar-refractivity contribution in [1.29, 1.82) is 0 Å². The zero-order valence-electron chi connectivity index (χ0n) is 24.8. The third kappa shape index (κ3) is 18.7. The number of hydrogen-bond acceptors (Lipinski definition) is 10. The lowest BCUT2D eigenvalue weighted by atomic mass is 10.0. The quantitative estimate of drug-likeness (QED) is 0.171. The smallest absolute Gasteiger partial charge is 0.412 e. The first kappa shape index (κ1) is 35.8. The molecule has 0 aromatic heterocycles. The lowest BCUT2D eigenvalue weighted by Crippen LogP contribution is -2.29. The molecule has 0 atom stereocenters. The fourth-order valence-electron chi connectivity index (χ4n) is 3.11. The molecule has 41 heavy (non-hydrogen) atoms. The Labute approximate surface area is 241 Å². The highest BCUT2D eigenvalue weighted by Crippen LogP contribution is 2.21. The molecule has 3 N–H and O–H groups in total. The summed E-state index contributed by atoms with van der Waals surface area (Å²) in [5, 5.41) is 13.8. The molecule has 1 aromatic carbocycles. The van der Waals surface area contributed by atoms with E-state index >= 15 is 0 Å². The molecule has 0 aliphatic rings. The summed E-state index contributed by atoms with van der Waals surface area (Å²) >= 11 is 0. The van der Waals surface area contributed by atoms with E-state index in [1.807, 2.05) is 0 Å². The maximum absolute atomic E-state index is 12.7. The molecular weight excluding hydrogens is 540 g/mol. The first-order valence-corrected chi connectivity index (χ1v) is 13.3. The van der Waals surface area contributed by atoms with Crippen molar-refractivity contribution in [2.45, 2.75) is 59.2 Å². The number of amides is 2. The van der Waals surface area contributed by atoms with Crippen LogP contribution in [0.5, 0.6) is 0 Å². The molecule has 0 bridgehead atoms. The molecule has 13 heteroatoms. The zero-order valence-corrected chi connectivity index (χ0v) is 24.8. The lowest BCUT2D eigenvalue weighted by Gasteiger charge is -2.22. The second kappa shape index (κ2) is 18.2. The third-order valence-corrected chi connectivity index (χ3v) is 4.63. The fourth-order valence-corrected chi connectivity index (χ4v) is 3.11. The number of hydrogen-bond donors (Lipinski definition) is 3. The number of carbonyl (C=O) groups is 4. The summed E-state index contributed by atoms with van der Waals surface area (Å²) in [7, 11) is 0. The minimum Gasteiger partial charge on any atom is -0.480 e. The topological polar surface area (TPSA) is 168 Å². The zero-order chi connectivity index (χ0) is 30.9. The average molecular weight is 585 g/mol. The van der Waals surface area contributed by atoms with Crippen LogP contribution in [-0.2, 0) is 44.4 Å². The van der Waals surface area contributed by atoms with Gasteiger partial charge in [0, 0.05) is 17.8 Å². The highest BCUT2D eigenvalue weighted by atomic mass is 16.6. The molecule has 0 radical (unpaired) electrons. The Hall–Kier alpha value is -3.26. The predicted molar refractivity (Wildman–Crippen MR) is 149 cm³/mol. The van der Waals surface area contributed by atoms with E-state index in [1.165, 1.54) is 12.1 Å². The normalized spacial score (nSPS) is 11.6. The number of esters is 1. The van der Waals surface area contributed by atoms with Gasteiger partial charge >= 0.3 is 18.0 Å². The molecule has 0 saturated carbocycles. The second-order valence-corrected chi connectivity index (χ2v) is 10.8. The van der Waals surface area contributed by atoms with E-state index in [-0.39, 0.29) is 45.3 Å². The lowest BCUT2D eigenvalue weighted by molar-refractivity contribution is -0.154. The van der Waals surface area contributed by atoms with Crippen molar-refractivity contribution in [2.75, 3.05) is 64.7 Å². The first-order valence-electron chi connectivity index (χ1n) is 13.3. The van der Waals surface area contributed by atoms with Crippen molar-refractivity contribution in [3.05, 3.63) is 29.3 Å². The van der Waals surface area contributed by atoms with Crippen LogP contribution in [0.2, 0.25) is 0 Å². The summed E-state index contributed by atoms with van der Waals surface area (Å²) in [6.07, 6.45) is -0.840. The molecule has 1 rings (SSSR count). The van der Waals surface area contributed by atoms with Crippen molar-refractivity contribution >= 4 is 29.6 Å². The van der Waals surface area contributed by atoms with Crippen molar-refractivity contribution in [3.63, 3.8) is 0 Å². The van der Waals surface area contributed by atoms with Crippen LogP contribution >= 0.6 is 0 Å². The molecule has 0 aliphatic carbocycles. The summed E-state index contributed by atoms with van der Waals surface area (Å²) in [6.45, 7) is 12.4. The summed E-state index contributed by atoms with van der Waals surface area (Å²) < 4.78 is 31.6. The van der Waals surface area contributed by atoms with Crippen molar-refractivity contribution in [3.8, 4) is 0 Å². The molecule has 0 aliphatic heterocycles. The Bertz CT molecular complexity index is 984. The molecular formula is C28H44N2O11. The summed E-state index contributed by atoms with van der Waals surface area (Å²) in [6, 6.07) is 4.61. The van der Waals surface area contributed by atoms with E-state index in [1.54, 1.807) is 47.6 Å². The van der Waals surface area contributed by atoms with Crippen molar-refractivity contribution in [2.24, 2.45) is 0 Å². The van der Waals surface area contributed by atoms with Gasteiger partial charge in [-0.25, -0.2) is 9.59 Å². The van der Waals surface area contributed by atoms with Crippen molar-refractivity contribution in [1.82, 2.24) is 5.32 Å². The van der Waals surface area contributed by atoms with Crippen LogP contribution in [0.4, 0.5) is 10.5 Å². The number of carbonyl (C=O) groups excluding carboxylic acids is 3. The maximum atomic E-state index is 12.7. The number of carboxylic acids is 1.